The average Bonchev–Trinajstić information content (AvgIpc) is 2.52. The van der Waals surface area contributed by atoms with Gasteiger partial charge < -0.3 is 9.47 Å². The normalized spacial score (nSPS) is 10.2. The van der Waals surface area contributed by atoms with Crippen LogP contribution in [0.4, 0.5) is 0 Å². The largest absolute Gasteiger partial charge is 0.481 e. The van der Waals surface area contributed by atoms with Gasteiger partial charge in [0, 0.05) is 15.1 Å². The Bertz CT molecular complexity index is 717. The summed E-state index contributed by atoms with van der Waals surface area (Å²) in [7, 11) is 0. The predicted molar refractivity (Wildman–Crippen MR) is 94.1 cm³/mol. The summed E-state index contributed by atoms with van der Waals surface area (Å²) in [5.74, 6) is -0.443. The van der Waals surface area contributed by atoms with Crippen molar-refractivity contribution in [1.82, 2.24) is 0 Å². The van der Waals surface area contributed by atoms with Crippen molar-refractivity contribution < 1.29 is 19.1 Å². The third-order valence-electron chi connectivity index (χ3n) is 2.77. The highest BCUT2D eigenvalue weighted by Gasteiger charge is 2.11. The van der Waals surface area contributed by atoms with Crippen LogP contribution in [0.2, 0.25) is 5.02 Å². The second-order valence-electron chi connectivity index (χ2n) is 4.45. The number of hydrogen-bond acceptors (Lipinski definition) is 4. The van der Waals surface area contributed by atoms with Crippen LogP contribution in [0.3, 0.4) is 0 Å². The van der Waals surface area contributed by atoms with E-state index in [1.165, 1.54) is 0 Å². The summed E-state index contributed by atoms with van der Waals surface area (Å²) in [6, 6.07) is 11.7. The van der Waals surface area contributed by atoms with Crippen molar-refractivity contribution in [2.24, 2.45) is 0 Å². The lowest BCUT2D eigenvalue weighted by Crippen LogP contribution is -2.19. The second kappa shape index (κ2) is 8.47. The maximum absolute atomic E-state index is 11.9. The Kier molecular flexibility index (Phi) is 6.62. The molecular formula is C16H11Br2ClO4. The predicted octanol–water partition coefficient (Wildman–Crippen LogP) is 4.67. The number of hydrogen-bond donors (Lipinski definition) is 0. The van der Waals surface area contributed by atoms with E-state index in [1.807, 2.05) is 0 Å². The van der Waals surface area contributed by atoms with Crippen molar-refractivity contribution >= 4 is 55.2 Å². The molecule has 0 bridgehead atoms. The minimum Gasteiger partial charge on any atom is -0.481 e. The minimum atomic E-state index is -0.627. The zero-order valence-electron chi connectivity index (χ0n) is 11.7. The molecule has 0 saturated heterocycles. The van der Waals surface area contributed by atoms with E-state index in [-0.39, 0.29) is 19.0 Å². The molecular weight excluding hydrogens is 451 g/mol. The maximum atomic E-state index is 11.9. The van der Waals surface area contributed by atoms with Crippen molar-refractivity contribution in [2.45, 2.75) is 0 Å². The van der Waals surface area contributed by atoms with E-state index in [0.717, 1.165) is 4.47 Å². The first-order chi connectivity index (χ1) is 11.0. The van der Waals surface area contributed by atoms with Gasteiger partial charge in [0.2, 0.25) is 0 Å². The van der Waals surface area contributed by atoms with Gasteiger partial charge in [-0.25, -0.2) is 4.79 Å². The third-order valence-corrected chi connectivity index (χ3v) is 4.15. The van der Waals surface area contributed by atoms with Crippen LogP contribution >= 0.6 is 43.5 Å². The minimum absolute atomic E-state index is 0.279. The molecule has 4 nitrogen and oxygen atoms in total. The van der Waals surface area contributed by atoms with Gasteiger partial charge in [-0.15, -0.1) is 0 Å². The highest BCUT2D eigenvalue weighted by Crippen LogP contribution is 2.27. The van der Waals surface area contributed by atoms with Crippen molar-refractivity contribution in [3.05, 3.63) is 62.0 Å². The first-order valence-corrected chi connectivity index (χ1v) is 8.44. The molecule has 7 heteroatoms. The number of ketones is 1. The van der Waals surface area contributed by atoms with Gasteiger partial charge in [-0.2, -0.15) is 0 Å². The van der Waals surface area contributed by atoms with Gasteiger partial charge in [0.05, 0.1) is 4.47 Å². The molecule has 0 saturated carbocycles. The molecule has 120 valence electrons. The molecule has 2 rings (SSSR count). The summed E-state index contributed by atoms with van der Waals surface area (Å²) < 4.78 is 11.7. The summed E-state index contributed by atoms with van der Waals surface area (Å²) >= 11 is 12.4. The van der Waals surface area contributed by atoms with Crippen molar-refractivity contribution in [1.29, 1.82) is 0 Å². The number of halogens is 3. The van der Waals surface area contributed by atoms with Gasteiger partial charge in [-0.05, 0) is 46.3 Å². The Labute approximate surface area is 155 Å². The fraction of sp³-hybridized carbons (Fsp3) is 0.125. The zero-order valence-corrected chi connectivity index (χ0v) is 15.7. The number of esters is 1. The fourth-order valence-electron chi connectivity index (χ4n) is 1.64. The molecule has 0 N–H and O–H groups in total. The number of Topliss-reactive ketones (excluding diaryl/α,β-unsaturated/α-hetero) is 1. The van der Waals surface area contributed by atoms with Crippen molar-refractivity contribution in [2.75, 3.05) is 13.2 Å². The summed E-state index contributed by atoms with van der Waals surface area (Å²) in [5.41, 5.74) is 0.474. The molecule has 2 aromatic rings. The lowest BCUT2D eigenvalue weighted by Gasteiger charge is -2.08. The van der Waals surface area contributed by atoms with E-state index in [9.17, 15) is 9.59 Å². The molecule has 0 radical (unpaired) electrons. The Hall–Kier alpha value is -1.37. The topological polar surface area (TPSA) is 52.6 Å². The van der Waals surface area contributed by atoms with Gasteiger partial charge >= 0.3 is 5.97 Å². The molecule has 0 atom stereocenters. The highest BCUT2D eigenvalue weighted by molar-refractivity contribution is 9.10. The first kappa shape index (κ1) is 18.0. The monoisotopic (exact) mass is 460 g/mol. The van der Waals surface area contributed by atoms with Gasteiger partial charge in [0.1, 0.15) is 5.75 Å². The smallest absolute Gasteiger partial charge is 0.344 e. The molecule has 23 heavy (non-hydrogen) atoms. The van der Waals surface area contributed by atoms with Crippen molar-refractivity contribution in [3.63, 3.8) is 0 Å². The highest BCUT2D eigenvalue weighted by atomic mass is 79.9. The lowest BCUT2D eigenvalue weighted by molar-refractivity contribution is -0.144. The first-order valence-electron chi connectivity index (χ1n) is 6.48. The van der Waals surface area contributed by atoms with E-state index in [0.29, 0.717) is 20.8 Å². The van der Waals surface area contributed by atoms with E-state index < -0.39 is 5.97 Å². The standard InChI is InChI=1S/C16H11Br2ClO4/c17-11-3-1-10(2-4-11)14(20)8-23-16(21)9-22-15-6-5-12(19)7-13(15)18/h1-7H,8-9H2. The molecule has 0 aromatic heterocycles. The number of rotatable bonds is 6. The third kappa shape index (κ3) is 5.64. The summed E-state index contributed by atoms with van der Waals surface area (Å²) in [6.45, 7) is -0.626. The van der Waals surface area contributed by atoms with Gasteiger partial charge in [0.15, 0.2) is 19.0 Å². The molecule has 0 heterocycles. The molecule has 2 aromatic carbocycles. The van der Waals surface area contributed by atoms with E-state index in [2.05, 4.69) is 31.9 Å². The van der Waals surface area contributed by atoms with Crippen LogP contribution in [0.5, 0.6) is 5.75 Å². The van der Waals surface area contributed by atoms with Gasteiger partial charge in [0.25, 0.3) is 0 Å². The molecule has 0 fully saturated rings. The summed E-state index contributed by atoms with van der Waals surface area (Å²) in [5, 5.41) is 0.548. The summed E-state index contributed by atoms with van der Waals surface area (Å²) in [4.78, 5) is 23.5. The van der Waals surface area contributed by atoms with Crippen molar-refractivity contribution in [3.8, 4) is 5.75 Å². The quantitative estimate of drug-likeness (QED) is 0.463. The maximum Gasteiger partial charge on any atom is 0.344 e. The molecule has 0 aliphatic rings. The van der Waals surface area contributed by atoms with Gasteiger partial charge in [-0.3, -0.25) is 4.79 Å². The SMILES string of the molecule is O=C(COc1ccc(Cl)cc1Br)OCC(=O)c1ccc(Br)cc1. The van der Waals surface area contributed by atoms with E-state index in [4.69, 9.17) is 21.1 Å². The van der Waals surface area contributed by atoms with Crippen LogP contribution in [-0.2, 0) is 9.53 Å². The van der Waals surface area contributed by atoms with Gasteiger partial charge in [-0.1, -0.05) is 39.7 Å². The van der Waals surface area contributed by atoms with Crippen LogP contribution in [0, 0.1) is 0 Å². The van der Waals surface area contributed by atoms with Crippen LogP contribution < -0.4 is 4.74 Å². The van der Waals surface area contributed by atoms with Crippen LogP contribution in [0.1, 0.15) is 10.4 Å². The molecule has 0 amide bonds. The van der Waals surface area contributed by atoms with E-state index in [1.54, 1.807) is 42.5 Å². The number of benzene rings is 2. The number of carbonyl (C=O) groups is 2. The lowest BCUT2D eigenvalue weighted by atomic mass is 10.1. The van der Waals surface area contributed by atoms with Crippen LogP contribution in [0.25, 0.3) is 0 Å². The average molecular weight is 463 g/mol. The van der Waals surface area contributed by atoms with Crippen LogP contribution in [0.15, 0.2) is 51.4 Å². The molecule has 0 aliphatic heterocycles. The molecule has 0 spiro atoms. The fourth-order valence-corrected chi connectivity index (χ4v) is 2.70. The Morgan fingerprint density at radius 1 is 1.00 bits per heavy atom. The number of ether oxygens (including phenoxy) is 2. The molecule has 0 unspecified atom stereocenters. The second-order valence-corrected chi connectivity index (χ2v) is 6.66. The number of carbonyl (C=O) groups excluding carboxylic acids is 2. The van der Waals surface area contributed by atoms with E-state index >= 15 is 0 Å². The Balaban J connectivity index is 1.81. The zero-order chi connectivity index (χ0) is 16.8. The van der Waals surface area contributed by atoms with Crippen LogP contribution in [-0.4, -0.2) is 25.0 Å². The molecule has 0 aliphatic carbocycles. The summed E-state index contributed by atoms with van der Waals surface area (Å²) in [6.07, 6.45) is 0. The Morgan fingerprint density at radius 2 is 1.70 bits per heavy atom. The Morgan fingerprint density at radius 3 is 2.35 bits per heavy atom.